The minimum Gasteiger partial charge on any atom is -0.454 e. The topological polar surface area (TPSA) is 71.6 Å². The van der Waals surface area contributed by atoms with Crippen molar-refractivity contribution in [2.45, 2.75) is 17.7 Å². The normalized spacial score (nSPS) is 23.6. The zero-order valence-corrected chi connectivity index (χ0v) is 13.9. The lowest BCUT2D eigenvalue weighted by atomic mass is 10.1. The van der Waals surface area contributed by atoms with Crippen LogP contribution in [-0.4, -0.2) is 22.1 Å². The second kappa shape index (κ2) is 5.33. The van der Waals surface area contributed by atoms with Crippen LogP contribution in [0.5, 0.6) is 11.5 Å². The quantitative estimate of drug-likeness (QED) is 0.426. The molecule has 1 atom stereocenters. The fraction of sp³-hybridized carbons (Fsp3) is 0.385. The summed E-state index contributed by atoms with van der Waals surface area (Å²) in [5, 5.41) is 3.15. The van der Waals surface area contributed by atoms with E-state index in [-0.39, 0.29) is 17.8 Å². The molecular weight excluding hydrogens is 349 g/mol. The van der Waals surface area contributed by atoms with Crippen molar-refractivity contribution in [1.29, 1.82) is 0 Å². The van der Waals surface area contributed by atoms with E-state index in [1.807, 2.05) is 0 Å². The van der Waals surface area contributed by atoms with Crippen LogP contribution in [0.2, 0.25) is 0 Å². The van der Waals surface area contributed by atoms with Gasteiger partial charge in [0.25, 0.3) is 0 Å². The van der Waals surface area contributed by atoms with Crippen molar-refractivity contribution >= 4 is 52.1 Å². The lowest BCUT2D eigenvalue weighted by Gasteiger charge is -2.15. The van der Waals surface area contributed by atoms with E-state index < -0.39 is 9.75 Å². The van der Waals surface area contributed by atoms with E-state index in [1.165, 1.54) is 0 Å². The highest BCUT2D eigenvalue weighted by atomic mass is 35.5. The molecule has 1 heterocycles. The van der Waals surface area contributed by atoms with Gasteiger partial charge < -0.3 is 14.8 Å². The SMILES string of the molecule is C[C@]1(C(=O)NNC(=S)Nc2ccc3c(c2)OCO3)CC1(Cl)Cl. The second-order valence-electron chi connectivity index (χ2n) is 5.31. The van der Waals surface area contributed by atoms with Crippen molar-refractivity contribution < 1.29 is 14.3 Å². The van der Waals surface area contributed by atoms with Crippen LogP contribution in [0.15, 0.2) is 18.2 Å². The van der Waals surface area contributed by atoms with E-state index in [9.17, 15) is 4.79 Å². The number of thiocarbonyl (C=S) groups is 1. The van der Waals surface area contributed by atoms with Crippen LogP contribution in [0.3, 0.4) is 0 Å². The minimum atomic E-state index is -1.02. The largest absolute Gasteiger partial charge is 0.454 e. The van der Waals surface area contributed by atoms with Crippen molar-refractivity contribution in [3.05, 3.63) is 18.2 Å². The highest BCUT2D eigenvalue weighted by Crippen LogP contribution is 2.63. The molecule has 0 saturated heterocycles. The molecule has 2 aliphatic rings. The standard InChI is InChI=1S/C13H13Cl2N3O3S/c1-12(5-13(12,14)15)10(19)17-18-11(22)16-7-2-3-8-9(4-7)21-6-20-8/h2-4H,5-6H2,1H3,(H,17,19)(H2,16,18,22)/t12-/m1/s1. The Labute approximate surface area is 142 Å². The van der Waals surface area contributed by atoms with E-state index in [0.29, 0.717) is 23.6 Å². The van der Waals surface area contributed by atoms with Gasteiger partial charge in [-0.2, -0.15) is 0 Å². The number of carbonyl (C=O) groups is 1. The number of nitrogens with one attached hydrogen (secondary N) is 3. The zero-order chi connectivity index (χ0) is 16.0. The summed E-state index contributed by atoms with van der Waals surface area (Å²) in [5.41, 5.74) is 5.01. The molecule has 0 spiro atoms. The lowest BCUT2D eigenvalue weighted by Crippen LogP contribution is -2.47. The molecule has 1 amide bonds. The van der Waals surface area contributed by atoms with E-state index in [1.54, 1.807) is 25.1 Å². The molecule has 1 aromatic carbocycles. The van der Waals surface area contributed by atoms with Crippen LogP contribution in [-0.2, 0) is 4.79 Å². The van der Waals surface area contributed by atoms with Crippen molar-refractivity contribution in [1.82, 2.24) is 10.9 Å². The molecule has 118 valence electrons. The van der Waals surface area contributed by atoms with Crippen LogP contribution >= 0.6 is 35.4 Å². The third kappa shape index (κ3) is 2.76. The summed E-state index contributed by atoms with van der Waals surface area (Å²) >= 11 is 17.0. The third-order valence-electron chi connectivity index (χ3n) is 3.68. The van der Waals surface area contributed by atoms with Crippen LogP contribution in [0.25, 0.3) is 0 Å². The summed E-state index contributed by atoms with van der Waals surface area (Å²) in [6, 6.07) is 5.31. The molecule has 0 unspecified atom stereocenters. The Morgan fingerprint density at radius 2 is 1.95 bits per heavy atom. The zero-order valence-electron chi connectivity index (χ0n) is 11.5. The molecular formula is C13H13Cl2N3O3S. The molecule has 1 aliphatic heterocycles. The number of fused-ring (bicyclic) bond motifs is 1. The molecule has 6 nitrogen and oxygen atoms in total. The number of ether oxygens (including phenoxy) is 2. The lowest BCUT2D eigenvalue weighted by molar-refractivity contribution is -0.126. The van der Waals surface area contributed by atoms with Crippen LogP contribution in [0.4, 0.5) is 5.69 Å². The van der Waals surface area contributed by atoms with Gasteiger partial charge in [0, 0.05) is 11.8 Å². The van der Waals surface area contributed by atoms with Crippen molar-refractivity contribution in [3.8, 4) is 11.5 Å². The number of carbonyl (C=O) groups excluding carboxylic acids is 1. The van der Waals surface area contributed by atoms with Gasteiger partial charge >= 0.3 is 0 Å². The fourth-order valence-electron chi connectivity index (χ4n) is 2.03. The average molecular weight is 362 g/mol. The minimum absolute atomic E-state index is 0.203. The molecule has 0 bridgehead atoms. The van der Waals surface area contributed by atoms with E-state index in [2.05, 4.69) is 16.2 Å². The molecule has 9 heteroatoms. The van der Waals surface area contributed by atoms with Gasteiger partial charge in [-0.05, 0) is 37.7 Å². The molecule has 0 aromatic heterocycles. The van der Waals surface area contributed by atoms with Crippen molar-refractivity contribution in [2.24, 2.45) is 5.41 Å². The van der Waals surface area contributed by atoms with Gasteiger partial charge in [-0.1, -0.05) is 0 Å². The number of benzene rings is 1. The Morgan fingerprint density at radius 3 is 2.64 bits per heavy atom. The summed E-state index contributed by atoms with van der Waals surface area (Å²) in [6.07, 6.45) is 0.402. The maximum absolute atomic E-state index is 12.0. The Balaban J connectivity index is 1.52. The van der Waals surface area contributed by atoms with E-state index >= 15 is 0 Å². The third-order valence-corrected chi connectivity index (χ3v) is 4.98. The first-order valence-corrected chi connectivity index (χ1v) is 7.63. The number of hydrogen-bond donors (Lipinski definition) is 3. The number of rotatable bonds is 2. The maximum atomic E-state index is 12.0. The highest BCUT2D eigenvalue weighted by Gasteiger charge is 2.68. The van der Waals surface area contributed by atoms with Gasteiger partial charge in [0.2, 0.25) is 12.7 Å². The predicted molar refractivity (Wildman–Crippen MR) is 87.2 cm³/mol. The first-order chi connectivity index (χ1) is 10.3. The maximum Gasteiger partial charge on any atom is 0.247 e. The van der Waals surface area contributed by atoms with Crippen LogP contribution < -0.4 is 25.6 Å². The first-order valence-electron chi connectivity index (χ1n) is 6.47. The monoisotopic (exact) mass is 361 g/mol. The molecule has 1 aromatic rings. The number of alkyl halides is 2. The number of hydrogen-bond acceptors (Lipinski definition) is 4. The van der Waals surface area contributed by atoms with E-state index in [0.717, 1.165) is 0 Å². The molecule has 1 fully saturated rings. The van der Waals surface area contributed by atoms with Gasteiger partial charge in [0.05, 0.1) is 5.41 Å². The summed E-state index contributed by atoms with van der Waals surface area (Å²) in [6.45, 7) is 1.90. The van der Waals surface area contributed by atoms with Crippen LogP contribution in [0, 0.1) is 5.41 Å². The Kier molecular flexibility index (Phi) is 3.74. The molecule has 0 radical (unpaired) electrons. The van der Waals surface area contributed by atoms with E-state index in [4.69, 9.17) is 44.9 Å². The highest BCUT2D eigenvalue weighted by molar-refractivity contribution is 7.80. The van der Waals surface area contributed by atoms with Gasteiger partial charge in [-0.3, -0.25) is 15.6 Å². The molecule has 3 rings (SSSR count). The fourth-order valence-corrected chi connectivity index (χ4v) is 2.91. The van der Waals surface area contributed by atoms with Gasteiger partial charge in [-0.25, -0.2) is 0 Å². The van der Waals surface area contributed by atoms with Crippen molar-refractivity contribution in [2.75, 3.05) is 12.1 Å². The number of halogens is 2. The average Bonchev–Trinajstić information content (AvgIpc) is 2.82. The Morgan fingerprint density at radius 1 is 1.27 bits per heavy atom. The Bertz CT molecular complexity index is 655. The molecule has 3 N–H and O–H groups in total. The van der Waals surface area contributed by atoms with Gasteiger partial charge in [0.1, 0.15) is 4.33 Å². The summed E-state index contributed by atoms with van der Waals surface area (Å²) < 4.78 is 9.47. The second-order valence-corrected chi connectivity index (χ2v) is 7.21. The molecule has 22 heavy (non-hydrogen) atoms. The van der Waals surface area contributed by atoms with Crippen molar-refractivity contribution in [3.63, 3.8) is 0 Å². The summed E-state index contributed by atoms with van der Waals surface area (Å²) in [7, 11) is 0. The Hall–Kier alpha value is -1.44. The summed E-state index contributed by atoms with van der Waals surface area (Å²) in [5.74, 6) is 1.00. The summed E-state index contributed by atoms with van der Waals surface area (Å²) in [4.78, 5) is 12.0. The van der Waals surface area contributed by atoms with Gasteiger partial charge in [-0.15, -0.1) is 23.2 Å². The first kappa shape index (κ1) is 15.5. The predicted octanol–water partition coefficient (Wildman–Crippen LogP) is 2.32. The van der Waals surface area contributed by atoms with Gasteiger partial charge in [0.15, 0.2) is 16.6 Å². The van der Waals surface area contributed by atoms with Crippen LogP contribution in [0.1, 0.15) is 13.3 Å². The molecule has 1 saturated carbocycles. The smallest absolute Gasteiger partial charge is 0.247 e. The number of anilines is 1. The number of hydrazine groups is 1. The molecule has 1 aliphatic carbocycles. The number of amides is 1.